The fraction of sp³-hybridized carbons (Fsp3) is 0.273. The molecule has 0 unspecified atom stereocenters. The summed E-state index contributed by atoms with van der Waals surface area (Å²) in [5, 5.41) is 11.7. The van der Waals surface area contributed by atoms with Crippen molar-refractivity contribution >= 4 is 29.1 Å². The number of amides is 1. The Morgan fingerprint density at radius 3 is 2.50 bits per heavy atom. The number of ether oxygens (including phenoxy) is 1. The molecule has 0 atom stereocenters. The molecule has 0 saturated carbocycles. The Balaban J connectivity index is 1.58. The first kappa shape index (κ1) is 21.6. The van der Waals surface area contributed by atoms with Crippen LogP contribution in [-0.2, 0) is 18.3 Å². The van der Waals surface area contributed by atoms with Gasteiger partial charge in [0.15, 0.2) is 10.9 Å². The number of carbonyl (C=O) groups is 2. The molecule has 0 aliphatic rings. The van der Waals surface area contributed by atoms with E-state index < -0.39 is 0 Å². The van der Waals surface area contributed by atoms with Gasteiger partial charge in [-0.25, -0.2) is 0 Å². The van der Waals surface area contributed by atoms with Gasteiger partial charge in [0, 0.05) is 18.3 Å². The van der Waals surface area contributed by atoms with Crippen LogP contribution in [0.15, 0.2) is 47.6 Å². The molecule has 1 heterocycles. The number of hydrogen-bond acceptors (Lipinski definition) is 6. The van der Waals surface area contributed by atoms with Crippen LogP contribution in [0.5, 0.6) is 5.75 Å². The summed E-state index contributed by atoms with van der Waals surface area (Å²) in [6, 6.07) is 12.9. The Morgan fingerprint density at radius 1 is 1.10 bits per heavy atom. The summed E-state index contributed by atoms with van der Waals surface area (Å²) in [6.07, 6.45) is 0.101. The molecule has 3 aromatic rings. The minimum atomic E-state index is -0.164. The van der Waals surface area contributed by atoms with E-state index in [2.05, 4.69) is 15.5 Å². The average molecular weight is 425 g/mol. The number of Topliss-reactive ketones (excluding diaryl/α,β-unsaturated/α-hetero) is 1. The molecule has 0 fully saturated rings. The van der Waals surface area contributed by atoms with Crippen LogP contribution >= 0.6 is 11.8 Å². The summed E-state index contributed by atoms with van der Waals surface area (Å²) < 4.78 is 6.85. The maximum atomic E-state index is 12.4. The van der Waals surface area contributed by atoms with Crippen LogP contribution in [-0.4, -0.2) is 39.3 Å². The number of nitrogens with one attached hydrogen (secondary N) is 1. The Hall–Kier alpha value is -3.13. The zero-order chi connectivity index (χ0) is 21.7. The van der Waals surface area contributed by atoms with E-state index >= 15 is 0 Å². The summed E-state index contributed by atoms with van der Waals surface area (Å²) in [5.41, 5.74) is 3.55. The summed E-state index contributed by atoms with van der Waals surface area (Å²) in [7, 11) is 3.38. The molecule has 7 nitrogen and oxygen atoms in total. The molecular formula is C22H24N4O3S. The largest absolute Gasteiger partial charge is 0.497 e. The summed E-state index contributed by atoms with van der Waals surface area (Å²) in [4.78, 5) is 24.8. The Kier molecular flexibility index (Phi) is 6.89. The van der Waals surface area contributed by atoms with E-state index in [1.165, 1.54) is 11.8 Å². The number of ketones is 1. The van der Waals surface area contributed by atoms with Crippen LogP contribution in [0.2, 0.25) is 0 Å². The first-order chi connectivity index (χ1) is 14.4. The normalized spacial score (nSPS) is 10.7. The molecule has 3 rings (SSSR count). The number of nitrogens with zero attached hydrogens (tertiary/aromatic N) is 3. The number of aryl methyl sites for hydroxylation is 2. The van der Waals surface area contributed by atoms with Gasteiger partial charge in [0.25, 0.3) is 0 Å². The second-order valence-corrected chi connectivity index (χ2v) is 7.88. The van der Waals surface area contributed by atoms with Crippen LogP contribution in [0.4, 0.5) is 5.69 Å². The molecule has 8 heteroatoms. The van der Waals surface area contributed by atoms with E-state index in [9.17, 15) is 9.59 Å². The molecule has 0 aliphatic carbocycles. The number of thioether (sulfide) groups is 1. The molecule has 2 aromatic carbocycles. The van der Waals surface area contributed by atoms with E-state index in [4.69, 9.17) is 4.74 Å². The third-order valence-electron chi connectivity index (χ3n) is 4.64. The zero-order valence-electron chi connectivity index (χ0n) is 17.4. The predicted octanol–water partition coefficient (Wildman–Crippen LogP) is 3.60. The number of anilines is 1. The van der Waals surface area contributed by atoms with Crippen molar-refractivity contribution < 1.29 is 14.3 Å². The predicted molar refractivity (Wildman–Crippen MR) is 117 cm³/mol. The lowest BCUT2D eigenvalue weighted by atomic mass is 10.1. The minimum Gasteiger partial charge on any atom is -0.497 e. The number of benzene rings is 2. The van der Waals surface area contributed by atoms with E-state index in [-0.39, 0.29) is 23.9 Å². The molecule has 156 valence electrons. The van der Waals surface area contributed by atoms with Crippen molar-refractivity contribution in [3.63, 3.8) is 0 Å². The highest BCUT2D eigenvalue weighted by Gasteiger charge is 2.15. The van der Waals surface area contributed by atoms with Crippen molar-refractivity contribution in [1.29, 1.82) is 0 Å². The fourth-order valence-corrected chi connectivity index (χ4v) is 3.73. The molecule has 0 bridgehead atoms. The summed E-state index contributed by atoms with van der Waals surface area (Å²) >= 11 is 1.29. The van der Waals surface area contributed by atoms with Crippen molar-refractivity contribution in [1.82, 2.24) is 14.8 Å². The molecule has 1 N–H and O–H groups in total. The number of hydrogen-bond donors (Lipinski definition) is 1. The summed E-state index contributed by atoms with van der Waals surface area (Å²) in [5.74, 6) is 1.29. The third-order valence-corrected chi connectivity index (χ3v) is 5.66. The maximum absolute atomic E-state index is 12.4. The smallest absolute Gasteiger partial charge is 0.232 e. The van der Waals surface area contributed by atoms with Gasteiger partial charge in [-0.05, 0) is 49.7 Å². The lowest BCUT2D eigenvalue weighted by molar-refractivity contribution is -0.115. The first-order valence-electron chi connectivity index (χ1n) is 9.43. The number of methoxy groups -OCH3 is 1. The van der Waals surface area contributed by atoms with Crippen LogP contribution in [0.1, 0.15) is 27.3 Å². The van der Waals surface area contributed by atoms with Gasteiger partial charge in [-0.1, -0.05) is 29.5 Å². The highest BCUT2D eigenvalue weighted by molar-refractivity contribution is 7.99. The van der Waals surface area contributed by atoms with E-state index in [0.29, 0.717) is 22.3 Å². The highest BCUT2D eigenvalue weighted by Crippen LogP contribution is 2.20. The standard InChI is InChI=1S/C22H24N4O3S/c1-14-5-10-18(15(2)11-14)23-21(28)12-20-24-25-22(26(20)3)30-13-19(27)16-6-8-17(29-4)9-7-16/h5-11H,12-13H2,1-4H3,(H,23,28). The second kappa shape index (κ2) is 9.58. The molecule has 1 amide bonds. The van der Waals surface area contributed by atoms with Gasteiger partial charge in [0.05, 0.1) is 19.3 Å². The Morgan fingerprint density at radius 2 is 1.83 bits per heavy atom. The molecule has 0 aliphatic heterocycles. The second-order valence-electron chi connectivity index (χ2n) is 6.94. The van der Waals surface area contributed by atoms with Gasteiger partial charge in [-0.3, -0.25) is 9.59 Å². The zero-order valence-corrected chi connectivity index (χ0v) is 18.2. The number of carbonyl (C=O) groups excluding carboxylic acids is 2. The van der Waals surface area contributed by atoms with E-state index in [0.717, 1.165) is 16.8 Å². The highest BCUT2D eigenvalue weighted by atomic mass is 32.2. The van der Waals surface area contributed by atoms with Crippen molar-refractivity contribution in [2.45, 2.75) is 25.4 Å². The monoisotopic (exact) mass is 424 g/mol. The van der Waals surface area contributed by atoms with Gasteiger partial charge < -0.3 is 14.6 Å². The average Bonchev–Trinajstić information content (AvgIpc) is 3.07. The number of aromatic nitrogens is 3. The van der Waals surface area contributed by atoms with Crippen LogP contribution in [0.25, 0.3) is 0 Å². The van der Waals surface area contributed by atoms with E-state index in [1.54, 1.807) is 43.0 Å². The molecule has 0 saturated heterocycles. The molecule has 0 spiro atoms. The lowest BCUT2D eigenvalue weighted by Crippen LogP contribution is -2.17. The van der Waals surface area contributed by atoms with Crippen LogP contribution < -0.4 is 10.1 Å². The third kappa shape index (κ3) is 5.27. The van der Waals surface area contributed by atoms with Gasteiger partial charge >= 0.3 is 0 Å². The first-order valence-corrected chi connectivity index (χ1v) is 10.4. The van der Waals surface area contributed by atoms with Crippen LogP contribution in [0.3, 0.4) is 0 Å². The van der Waals surface area contributed by atoms with Gasteiger partial charge in [0.2, 0.25) is 5.91 Å². The summed E-state index contributed by atoms with van der Waals surface area (Å²) in [6.45, 7) is 3.97. The van der Waals surface area contributed by atoms with Crippen molar-refractivity contribution in [2.24, 2.45) is 7.05 Å². The molecule has 1 aromatic heterocycles. The SMILES string of the molecule is COc1ccc(C(=O)CSc2nnc(CC(=O)Nc3ccc(C)cc3C)n2C)cc1. The Bertz CT molecular complexity index is 1060. The fourth-order valence-electron chi connectivity index (χ4n) is 2.91. The molecule has 30 heavy (non-hydrogen) atoms. The van der Waals surface area contributed by atoms with Gasteiger partial charge in [-0.2, -0.15) is 0 Å². The molecular weight excluding hydrogens is 400 g/mol. The van der Waals surface area contributed by atoms with Crippen molar-refractivity contribution in [2.75, 3.05) is 18.2 Å². The van der Waals surface area contributed by atoms with Crippen molar-refractivity contribution in [3.05, 3.63) is 65.0 Å². The lowest BCUT2D eigenvalue weighted by Gasteiger charge is -2.09. The maximum Gasteiger partial charge on any atom is 0.232 e. The minimum absolute atomic E-state index is 0.0141. The molecule has 0 radical (unpaired) electrons. The van der Waals surface area contributed by atoms with Gasteiger partial charge in [-0.15, -0.1) is 10.2 Å². The van der Waals surface area contributed by atoms with Crippen molar-refractivity contribution in [3.8, 4) is 5.75 Å². The number of rotatable bonds is 8. The quantitative estimate of drug-likeness (QED) is 0.439. The Labute approximate surface area is 179 Å². The topological polar surface area (TPSA) is 86.1 Å². The van der Waals surface area contributed by atoms with E-state index in [1.807, 2.05) is 32.0 Å². The van der Waals surface area contributed by atoms with Gasteiger partial charge in [0.1, 0.15) is 11.6 Å². The van der Waals surface area contributed by atoms with Crippen LogP contribution in [0, 0.1) is 13.8 Å².